The predicted octanol–water partition coefficient (Wildman–Crippen LogP) is 3.98. The maximum atomic E-state index is 6.17. The van der Waals surface area contributed by atoms with Crippen molar-refractivity contribution < 1.29 is 14.2 Å². The molecule has 0 aromatic heterocycles. The van der Waals surface area contributed by atoms with E-state index in [4.69, 9.17) is 25.8 Å². The van der Waals surface area contributed by atoms with Crippen LogP contribution in [0.3, 0.4) is 0 Å². The molecule has 0 radical (unpaired) electrons. The summed E-state index contributed by atoms with van der Waals surface area (Å²) < 4.78 is 15.8. The number of hydrogen-bond donors (Lipinski definition) is 1. The molecule has 21 heavy (non-hydrogen) atoms. The monoisotopic (exact) mass is 307 g/mol. The zero-order chi connectivity index (χ0) is 15.2. The molecule has 0 fully saturated rings. The normalized spacial score (nSPS) is 10.1. The van der Waals surface area contributed by atoms with E-state index in [1.54, 1.807) is 27.4 Å². The van der Waals surface area contributed by atoms with Gasteiger partial charge >= 0.3 is 0 Å². The van der Waals surface area contributed by atoms with Gasteiger partial charge in [-0.1, -0.05) is 11.6 Å². The Labute approximate surface area is 129 Å². The number of benzene rings is 2. The van der Waals surface area contributed by atoms with Gasteiger partial charge in [0.05, 0.1) is 32.0 Å². The molecule has 0 amide bonds. The van der Waals surface area contributed by atoms with Crippen molar-refractivity contribution in [3.63, 3.8) is 0 Å². The van der Waals surface area contributed by atoms with Gasteiger partial charge in [0.15, 0.2) is 0 Å². The molecule has 0 saturated carbocycles. The molecule has 0 aliphatic heterocycles. The zero-order valence-corrected chi connectivity index (χ0v) is 13.0. The van der Waals surface area contributed by atoms with Crippen molar-refractivity contribution in [2.75, 3.05) is 26.6 Å². The van der Waals surface area contributed by atoms with Gasteiger partial charge in [-0.15, -0.1) is 0 Å². The molecule has 2 aromatic rings. The average Bonchev–Trinajstić information content (AvgIpc) is 2.54. The molecule has 0 bridgehead atoms. The molecule has 5 heteroatoms. The third kappa shape index (κ3) is 3.73. The Bertz CT molecular complexity index is 616. The van der Waals surface area contributed by atoms with Crippen LogP contribution in [0.15, 0.2) is 36.4 Å². The Morgan fingerprint density at radius 2 is 1.57 bits per heavy atom. The van der Waals surface area contributed by atoms with Crippen LogP contribution in [0.2, 0.25) is 5.02 Å². The molecule has 112 valence electrons. The van der Waals surface area contributed by atoms with E-state index in [9.17, 15) is 0 Å². The van der Waals surface area contributed by atoms with Crippen LogP contribution in [-0.2, 0) is 6.54 Å². The summed E-state index contributed by atoms with van der Waals surface area (Å²) in [5.41, 5.74) is 1.83. The summed E-state index contributed by atoms with van der Waals surface area (Å²) in [4.78, 5) is 0. The highest BCUT2D eigenvalue weighted by Crippen LogP contribution is 2.29. The number of nitrogens with one attached hydrogen (secondary N) is 1. The van der Waals surface area contributed by atoms with E-state index in [0.717, 1.165) is 28.5 Å². The third-order valence-electron chi connectivity index (χ3n) is 3.14. The number of methoxy groups -OCH3 is 3. The Morgan fingerprint density at radius 1 is 0.905 bits per heavy atom. The first kappa shape index (κ1) is 15.3. The number of rotatable bonds is 6. The van der Waals surface area contributed by atoms with Crippen molar-refractivity contribution in [2.24, 2.45) is 0 Å². The van der Waals surface area contributed by atoms with Crippen molar-refractivity contribution in [3.05, 3.63) is 47.0 Å². The van der Waals surface area contributed by atoms with Gasteiger partial charge in [0, 0.05) is 24.2 Å². The summed E-state index contributed by atoms with van der Waals surface area (Å²) in [7, 11) is 4.89. The fourth-order valence-electron chi connectivity index (χ4n) is 1.96. The van der Waals surface area contributed by atoms with E-state index in [1.807, 2.05) is 30.3 Å². The molecule has 0 saturated heterocycles. The number of ether oxygens (including phenoxy) is 3. The second kappa shape index (κ2) is 7.09. The van der Waals surface area contributed by atoms with Crippen LogP contribution in [-0.4, -0.2) is 21.3 Å². The van der Waals surface area contributed by atoms with Gasteiger partial charge in [-0.25, -0.2) is 0 Å². The van der Waals surface area contributed by atoms with Crippen LogP contribution < -0.4 is 19.5 Å². The average molecular weight is 308 g/mol. The summed E-state index contributed by atoms with van der Waals surface area (Å²) in [6.45, 7) is 0.583. The highest BCUT2D eigenvalue weighted by atomic mass is 35.5. The third-order valence-corrected chi connectivity index (χ3v) is 3.47. The van der Waals surface area contributed by atoms with Crippen molar-refractivity contribution in [1.82, 2.24) is 0 Å². The maximum Gasteiger partial charge on any atom is 0.127 e. The minimum atomic E-state index is 0.583. The Hall–Kier alpha value is -2.07. The van der Waals surface area contributed by atoms with E-state index in [-0.39, 0.29) is 0 Å². The lowest BCUT2D eigenvalue weighted by molar-refractivity contribution is 0.391. The number of anilines is 1. The van der Waals surface area contributed by atoms with Crippen molar-refractivity contribution in [1.29, 1.82) is 0 Å². The lowest BCUT2D eigenvalue weighted by Gasteiger charge is -2.13. The molecule has 0 aliphatic rings. The van der Waals surface area contributed by atoms with E-state index < -0.39 is 0 Å². The highest BCUT2D eigenvalue weighted by molar-refractivity contribution is 6.33. The summed E-state index contributed by atoms with van der Waals surface area (Å²) in [5.74, 6) is 2.28. The fraction of sp³-hybridized carbons (Fsp3) is 0.250. The second-order valence-corrected chi connectivity index (χ2v) is 4.78. The lowest BCUT2D eigenvalue weighted by atomic mass is 10.2. The first-order valence-electron chi connectivity index (χ1n) is 6.46. The molecule has 0 heterocycles. The standard InChI is InChI=1S/C16H18ClNO3/c1-19-12-6-7-14(17)15(8-12)18-10-11-4-5-13(20-2)9-16(11)21-3/h4-9,18H,10H2,1-3H3. The maximum absolute atomic E-state index is 6.17. The fourth-order valence-corrected chi connectivity index (χ4v) is 2.14. The van der Waals surface area contributed by atoms with Crippen molar-refractivity contribution in [2.45, 2.75) is 6.54 Å². The minimum absolute atomic E-state index is 0.583. The number of halogens is 1. The van der Waals surface area contributed by atoms with Gasteiger partial charge in [0.25, 0.3) is 0 Å². The van der Waals surface area contributed by atoms with E-state index in [2.05, 4.69) is 5.32 Å². The molecular formula is C16H18ClNO3. The molecule has 2 aromatic carbocycles. The summed E-state index contributed by atoms with van der Waals surface area (Å²) >= 11 is 6.17. The molecule has 0 unspecified atom stereocenters. The Morgan fingerprint density at radius 3 is 2.24 bits per heavy atom. The van der Waals surface area contributed by atoms with Gasteiger partial charge < -0.3 is 19.5 Å². The van der Waals surface area contributed by atoms with Crippen LogP contribution in [0.1, 0.15) is 5.56 Å². The van der Waals surface area contributed by atoms with E-state index in [1.165, 1.54) is 0 Å². The van der Waals surface area contributed by atoms with E-state index >= 15 is 0 Å². The molecule has 2 rings (SSSR count). The Kier molecular flexibility index (Phi) is 5.17. The smallest absolute Gasteiger partial charge is 0.127 e. The van der Waals surface area contributed by atoms with Crippen LogP contribution in [0.4, 0.5) is 5.69 Å². The van der Waals surface area contributed by atoms with E-state index in [0.29, 0.717) is 11.6 Å². The molecular weight excluding hydrogens is 290 g/mol. The van der Waals surface area contributed by atoms with Crippen LogP contribution in [0, 0.1) is 0 Å². The second-order valence-electron chi connectivity index (χ2n) is 4.38. The van der Waals surface area contributed by atoms with Gasteiger partial charge in [-0.05, 0) is 24.3 Å². The van der Waals surface area contributed by atoms with Gasteiger partial charge in [0.1, 0.15) is 17.2 Å². The summed E-state index contributed by atoms with van der Waals surface area (Å²) in [6.07, 6.45) is 0. The topological polar surface area (TPSA) is 39.7 Å². The first-order chi connectivity index (χ1) is 10.2. The van der Waals surface area contributed by atoms with Gasteiger partial charge in [0.2, 0.25) is 0 Å². The molecule has 0 spiro atoms. The zero-order valence-electron chi connectivity index (χ0n) is 12.3. The summed E-state index contributed by atoms with van der Waals surface area (Å²) in [5, 5.41) is 3.93. The summed E-state index contributed by atoms with van der Waals surface area (Å²) in [6, 6.07) is 11.2. The number of hydrogen-bond acceptors (Lipinski definition) is 4. The van der Waals surface area contributed by atoms with Gasteiger partial charge in [-0.3, -0.25) is 0 Å². The van der Waals surface area contributed by atoms with Gasteiger partial charge in [-0.2, -0.15) is 0 Å². The molecule has 0 atom stereocenters. The molecule has 4 nitrogen and oxygen atoms in total. The molecule has 0 aliphatic carbocycles. The Balaban J connectivity index is 2.16. The first-order valence-corrected chi connectivity index (χ1v) is 6.84. The van der Waals surface area contributed by atoms with Crippen LogP contribution in [0.5, 0.6) is 17.2 Å². The molecule has 1 N–H and O–H groups in total. The highest BCUT2D eigenvalue weighted by Gasteiger charge is 2.07. The van der Waals surface area contributed by atoms with Crippen molar-refractivity contribution in [3.8, 4) is 17.2 Å². The van der Waals surface area contributed by atoms with Crippen molar-refractivity contribution >= 4 is 17.3 Å². The quantitative estimate of drug-likeness (QED) is 0.876. The van der Waals surface area contributed by atoms with Crippen LogP contribution in [0.25, 0.3) is 0 Å². The lowest BCUT2D eigenvalue weighted by Crippen LogP contribution is -2.02. The predicted molar refractivity (Wildman–Crippen MR) is 84.9 cm³/mol. The largest absolute Gasteiger partial charge is 0.497 e. The SMILES string of the molecule is COc1ccc(Cl)c(NCc2ccc(OC)cc2OC)c1. The minimum Gasteiger partial charge on any atom is -0.497 e. The van der Waals surface area contributed by atoms with Crippen LogP contribution >= 0.6 is 11.6 Å².